The van der Waals surface area contributed by atoms with Crippen molar-refractivity contribution in [2.45, 2.75) is 15.8 Å². The van der Waals surface area contributed by atoms with Crippen molar-refractivity contribution in [1.82, 2.24) is 10.2 Å². The summed E-state index contributed by atoms with van der Waals surface area (Å²) in [5, 5.41) is 11.5. The Labute approximate surface area is 170 Å². The highest BCUT2D eigenvalue weighted by molar-refractivity contribution is 8.00. The fraction of sp³-hybridized carbons (Fsp3) is 0.211. The molecule has 8 heteroatoms. The number of rotatable bonds is 9. The van der Waals surface area contributed by atoms with E-state index in [1.807, 2.05) is 42.5 Å². The van der Waals surface area contributed by atoms with E-state index in [2.05, 4.69) is 27.6 Å². The van der Waals surface area contributed by atoms with E-state index in [1.54, 1.807) is 30.6 Å². The average Bonchev–Trinajstić information content (AvgIpc) is 3.15. The predicted molar refractivity (Wildman–Crippen MR) is 114 cm³/mol. The molecule has 2 aromatic carbocycles. The maximum atomic E-state index is 12.1. The molecule has 0 fully saturated rings. The van der Waals surface area contributed by atoms with E-state index in [-0.39, 0.29) is 5.91 Å². The summed E-state index contributed by atoms with van der Waals surface area (Å²) in [5.74, 6) is 2.74. The van der Waals surface area contributed by atoms with E-state index in [0.29, 0.717) is 10.9 Å². The lowest BCUT2D eigenvalue weighted by molar-refractivity contribution is -0.113. The number of carbonyl (C=O) groups is 1. The van der Waals surface area contributed by atoms with Crippen LogP contribution in [0.25, 0.3) is 0 Å². The van der Waals surface area contributed by atoms with E-state index in [9.17, 15) is 4.79 Å². The van der Waals surface area contributed by atoms with E-state index in [0.717, 1.165) is 27.2 Å². The molecule has 0 aliphatic heterocycles. The molecule has 1 aromatic heterocycles. The average molecular weight is 418 g/mol. The van der Waals surface area contributed by atoms with Crippen LogP contribution in [0.15, 0.2) is 58.9 Å². The van der Waals surface area contributed by atoms with Gasteiger partial charge in [0, 0.05) is 11.5 Å². The monoisotopic (exact) mass is 417 g/mol. The molecule has 0 spiro atoms. The van der Waals surface area contributed by atoms with Crippen LogP contribution in [0.2, 0.25) is 0 Å². The Morgan fingerprint density at radius 3 is 2.52 bits per heavy atom. The zero-order valence-corrected chi connectivity index (χ0v) is 17.2. The first-order valence-electron chi connectivity index (χ1n) is 8.23. The standard InChI is InChI=1S/C19H19N3O2S3/c1-24-16-9-7-15(8-10-16)11-25-13-17(23)20-18-21-22-19(27-18)26-12-14-5-3-2-4-6-14/h2-10H,11-13H2,1H3,(H,20,21,23). The Hall–Kier alpha value is -2.03. The van der Waals surface area contributed by atoms with Gasteiger partial charge in [0.05, 0.1) is 12.9 Å². The number of methoxy groups -OCH3 is 1. The largest absolute Gasteiger partial charge is 0.497 e. The molecule has 1 amide bonds. The molecule has 140 valence electrons. The maximum Gasteiger partial charge on any atom is 0.236 e. The molecule has 3 rings (SSSR count). The zero-order valence-electron chi connectivity index (χ0n) is 14.8. The van der Waals surface area contributed by atoms with Crippen molar-refractivity contribution in [3.8, 4) is 5.75 Å². The Morgan fingerprint density at radius 2 is 1.78 bits per heavy atom. The van der Waals surface area contributed by atoms with Crippen LogP contribution in [-0.4, -0.2) is 29.0 Å². The van der Waals surface area contributed by atoms with Crippen LogP contribution in [0.4, 0.5) is 5.13 Å². The lowest BCUT2D eigenvalue weighted by Crippen LogP contribution is -2.13. The van der Waals surface area contributed by atoms with Crippen LogP contribution in [0.1, 0.15) is 11.1 Å². The van der Waals surface area contributed by atoms with Gasteiger partial charge in [-0.25, -0.2) is 0 Å². The second-order valence-corrected chi connectivity index (χ2v) is 8.72. The molecular formula is C19H19N3O2S3. The van der Waals surface area contributed by atoms with Crippen LogP contribution in [0.5, 0.6) is 5.75 Å². The molecule has 27 heavy (non-hydrogen) atoms. The lowest BCUT2D eigenvalue weighted by Gasteiger charge is -2.04. The van der Waals surface area contributed by atoms with Gasteiger partial charge >= 0.3 is 0 Å². The van der Waals surface area contributed by atoms with Gasteiger partial charge in [-0.05, 0) is 23.3 Å². The summed E-state index contributed by atoms with van der Waals surface area (Å²) in [4.78, 5) is 12.1. The molecular weight excluding hydrogens is 398 g/mol. The first-order chi connectivity index (χ1) is 13.2. The normalized spacial score (nSPS) is 10.6. The smallest absolute Gasteiger partial charge is 0.236 e. The topological polar surface area (TPSA) is 64.1 Å². The first kappa shape index (κ1) is 19.7. The number of anilines is 1. The Kier molecular flexibility index (Phi) is 7.55. The number of ether oxygens (including phenoxy) is 1. The highest BCUT2D eigenvalue weighted by atomic mass is 32.2. The molecule has 0 radical (unpaired) electrons. The van der Waals surface area contributed by atoms with Crippen molar-refractivity contribution in [3.63, 3.8) is 0 Å². The van der Waals surface area contributed by atoms with Crippen molar-refractivity contribution in [2.24, 2.45) is 0 Å². The quantitative estimate of drug-likeness (QED) is 0.402. The Morgan fingerprint density at radius 1 is 1.04 bits per heavy atom. The van der Waals surface area contributed by atoms with Gasteiger partial charge < -0.3 is 4.74 Å². The van der Waals surface area contributed by atoms with Crippen LogP contribution in [-0.2, 0) is 16.3 Å². The van der Waals surface area contributed by atoms with Gasteiger partial charge in [-0.3, -0.25) is 10.1 Å². The van der Waals surface area contributed by atoms with Crippen molar-refractivity contribution in [2.75, 3.05) is 18.2 Å². The summed E-state index contributed by atoms with van der Waals surface area (Å²) in [6.45, 7) is 0. The number of amides is 1. The third kappa shape index (κ3) is 6.57. The van der Waals surface area contributed by atoms with Gasteiger partial charge in [-0.2, -0.15) is 0 Å². The van der Waals surface area contributed by atoms with Crippen LogP contribution >= 0.6 is 34.9 Å². The van der Waals surface area contributed by atoms with Crippen LogP contribution in [0.3, 0.4) is 0 Å². The van der Waals surface area contributed by atoms with Crippen LogP contribution < -0.4 is 10.1 Å². The second-order valence-electron chi connectivity index (χ2n) is 5.54. The van der Waals surface area contributed by atoms with E-state index in [1.165, 1.54) is 16.9 Å². The molecule has 1 heterocycles. The lowest BCUT2D eigenvalue weighted by atomic mass is 10.2. The predicted octanol–water partition coefficient (Wildman–Crippen LogP) is 4.71. The summed E-state index contributed by atoms with van der Waals surface area (Å²) < 4.78 is 5.99. The minimum absolute atomic E-state index is 0.0655. The second kappa shape index (κ2) is 10.3. The Bertz CT molecular complexity index is 854. The van der Waals surface area contributed by atoms with Crippen molar-refractivity contribution >= 4 is 45.9 Å². The maximum absolute atomic E-state index is 12.1. The molecule has 1 N–H and O–H groups in total. The zero-order chi connectivity index (χ0) is 18.9. The molecule has 0 unspecified atom stereocenters. The number of carbonyl (C=O) groups excluding carboxylic acids is 1. The molecule has 0 atom stereocenters. The number of nitrogens with zero attached hydrogens (tertiary/aromatic N) is 2. The third-order valence-electron chi connectivity index (χ3n) is 3.52. The first-order valence-corrected chi connectivity index (χ1v) is 11.2. The number of hydrogen-bond donors (Lipinski definition) is 1. The van der Waals surface area contributed by atoms with E-state index < -0.39 is 0 Å². The van der Waals surface area contributed by atoms with E-state index in [4.69, 9.17) is 4.74 Å². The van der Waals surface area contributed by atoms with Gasteiger partial charge in [0.25, 0.3) is 0 Å². The SMILES string of the molecule is COc1ccc(CSCC(=O)Nc2nnc(SCc3ccccc3)s2)cc1. The molecule has 0 bridgehead atoms. The number of benzene rings is 2. The van der Waals surface area contributed by atoms with Gasteiger partial charge in [-0.1, -0.05) is 65.6 Å². The van der Waals surface area contributed by atoms with Crippen molar-refractivity contribution in [1.29, 1.82) is 0 Å². The number of nitrogens with one attached hydrogen (secondary N) is 1. The highest BCUT2D eigenvalue weighted by Crippen LogP contribution is 2.28. The van der Waals surface area contributed by atoms with Gasteiger partial charge in [0.1, 0.15) is 5.75 Å². The molecule has 0 aliphatic rings. The summed E-state index contributed by atoms with van der Waals surface area (Å²) in [6.07, 6.45) is 0. The van der Waals surface area contributed by atoms with Crippen molar-refractivity contribution < 1.29 is 9.53 Å². The molecule has 0 saturated heterocycles. The Balaban J connectivity index is 1.39. The number of hydrogen-bond acceptors (Lipinski definition) is 7. The molecule has 5 nitrogen and oxygen atoms in total. The van der Waals surface area contributed by atoms with E-state index >= 15 is 0 Å². The fourth-order valence-corrected chi connectivity index (χ4v) is 4.69. The fourth-order valence-electron chi connectivity index (χ4n) is 2.18. The minimum atomic E-state index is -0.0655. The molecule has 0 aliphatic carbocycles. The number of aromatic nitrogens is 2. The number of thioether (sulfide) groups is 2. The third-order valence-corrected chi connectivity index (χ3v) is 6.57. The summed E-state index contributed by atoms with van der Waals surface area (Å²) in [6, 6.07) is 18.1. The molecule has 0 saturated carbocycles. The molecule has 3 aromatic rings. The summed E-state index contributed by atoms with van der Waals surface area (Å²) in [5.41, 5.74) is 2.39. The van der Waals surface area contributed by atoms with Gasteiger partial charge in [0.15, 0.2) is 4.34 Å². The highest BCUT2D eigenvalue weighted by Gasteiger charge is 2.09. The summed E-state index contributed by atoms with van der Waals surface area (Å²) >= 11 is 4.58. The van der Waals surface area contributed by atoms with Crippen molar-refractivity contribution in [3.05, 3.63) is 65.7 Å². The van der Waals surface area contributed by atoms with Crippen LogP contribution in [0, 0.1) is 0 Å². The summed E-state index contributed by atoms with van der Waals surface area (Å²) in [7, 11) is 1.65. The minimum Gasteiger partial charge on any atom is -0.497 e. The van der Waals surface area contributed by atoms with Gasteiger partial charge in [-0.15, -0.1) is 22.0 Å². The van der Waals surface area contributed by atoms with Gasteiger partial charge in [0.2, 0.25) is 11.0 Å².